The number of halogens is 1. The van der Waals surface area contributed by atoms with Crippen LogP contribution >= 0.6 is 22.9 Å². The lowest BCUT2D eigenvalue weighted by atomic mass is 9.97. The lowest BCUT2D eigenvalue weighted by molar-refractivity contribution is 0.416. The quantitative estimate of drug-likeness (QED) is 0.862. The van der Waals surface area contributed by atoms with Crippen LogP contribution in [0.5, 0.6) is 5.75 Å². The average Bonchev–Trinajstić information content (AvgIpc) is 2.89. The molecule has 0 spiro atoms. The number of methoxy groups -OCH3 is 1. The summed E-state index contributed by atoms with van der Waals surface area (Å²) in [7, 11) is 1.70. The second-order valence-electron chi connectivity index (χ2n) is 4.84. The molecule has 1 heterocycles. The van der Waals surface area contributed by atoms with Gasteiger partial charge in [-0.25, -0.2) is 0 Å². The van der Waals surface area contributed by atoms with E-state index in [0.29, 0.717) is 0 Å². The molecule has 0 fully saturated rings. The van der Waals surface area contributed by atoms with E-state index in [1.807, 2.05) is 18.4 Å². The first kappa shape index (κ1) is 15.4. The van der Waals surface area contributed by atoms with Crippen molar-refractivity contribution >= 4 is 22.9 Å². The van der Waals surface area contributed by atoms with Crippen molar-refractivity contribution < 1.29 is 4.74 Å². The average molecular weight is 310 g/mol. The molecule has 1 aromatic heterocycles. The Morgan fingerprint density at radius 3 is 2.60 bits per heavy atom. The number of ether oxygens (including phenoxy) is 1. The minimum atomic E-state index is 0.185. The van der Waals surface area contributed by atoms with E-state index in [0.717, 1.165) is 22.9 Å². The van der Waals surface area contributed by atoms with Crippen LogP contribution in [0.1, 0.15) is 34.5 Å². The maximum Gasteiger partial charge on any atom is 0.129 e. The molecule has 0 saturated carbocycles. The lowest BCUT2D eigenvalue weighted by Gasteiger charge is -2.20. The molecule has 0 aliphatic carbocycles. The fraction of sp³-hybridized carbons (Fsp3) is 0.375. The van der Waals surface area contributed by atoms with Crippen LogP contribution in [0, 0.1) is 13.8 Å². The van der Waals surface area contributed by atoms with Crippen molar-refractivity contribution in [3.05, 3.63) is 50.2 Å². The second kappa shape index (κ2) is 6.61. The Hall–Kier alpha value is -1.03. The van der Waals surface area contributed by atoms with Crippen LogP contribution in [-0.4, -0.2) is 13.7 Å². The molecular formula is C16H20ClNOS. The highest BCUT2D eigenvalue weighted by molar-refractivity contribution is 7.10. The van der Waals surface area contributed by atoms with Crippen LogP contribution in [0.3, 0.4) is 0 Å². The molecule has 1 unspecified atom stereocenters. The van der Waals surface area contributed by atoms with Crippen molar-refractivity contribution in [2.45, 2.75) is 26.8 Å². The summed E-state index contributed by atoms with van der Waals surface area (Å²) in [5, 5.41) is 6.42. The van der Waals surface area contributed by atoms with E-state index in [1.165, 1.54) is 16.0 Å². The van der Waals surface area contributed by atoms with Crippen molar-refractivity contribution in [2.24, 2.45) is 0 Å². The largest absolute Gasteiger partial charge is 0.496 e. The van der Waals surface area contributed by atoms with Gasteiger partial charge in [0.15, 0.2) is 0 Å². The summed E-state index contributed by atoms with van der Waals surface area (Å²) >= 11 is 7.92. The third kappa shape index (κ3) is 3.17. The Labute approximate surface area is 129 Å². The van der Waals surface area contributed by atoms with Crippen LogP contribution in [0.4, 0.5) is 0 Å². The number of benzene rings is 1. The number of rotatable bonds is 5. The Kier molecular flexibility index (Phi) is 5.08. The molecule has 1 aromatic carbocycles. The van der Waals surface area contributed by atoms with Gasteiger partial charge in [0.2, 0.25) is 0 Å². The predicted molar refractivity (Wildman–Crippen MR) is 87.3 cm³/mol. The zero-order valence-corrected chi connectivity index (χ0v) is 13.9. The third-order valence-corrected chi connectivity index (χ3v) is 4.77. The maximum absolute atomic E-state index is 6.20. The van der Waals surface area contributed by atoms with E-state index in [2.05, 4.69) is 31.3 Å². The Morgan fingerprint density at radius 2 is 2.00 bits per heavy atom. The molecule has 0 amide bonds. The zero-order valence-electron chi connectivity index (χ0n) is 12.3. The number of hydrogen-bond donors (Lipinski definition) is 1. The number of hydrogen-bond acceptors (Lipinski definition) is 3. The highest BCUT2D eigenvalue weighted by Crippen LogP contribution is 2.34. The minimum absolute atomic E-state index is 0.185. The van der Waals surface area contributed by atoms with Crippen molar-refractivity contribution in [3.8, 4) is 5.75 Å². The van der Waals surface area contributed by atoms with E-state index in [9.17, 15) is 0 Å². The molecule has 0 bridgehead atoms. The van der Waals surface area contributed by atoms with Crippen LogP contribution in [0.2, 0.25) is 5.02 Å². The molecule has 2 aromatic rings. The zero-order chi connectivity index (χ0) is 14.7. The molecule has 0 saturated heterocycles. The first-order valence-corrected chi connectivity index (χ1v) is 7.95. The predicted octanol–water partition coefficient (Wildman–Crippen LogP) is 4.73. The van der Waals surface area contributed by atoms with Gasteiger partial charge in [-0.1, -0.05) is 24.6 Å². The fourth-order valence-corrected chi connectivity index (χ4v) is 3.44. The van der Waals surface area contributed by atoms with Gasteiger partial charge in [-0.2, -0.15) is 0 Å². The Morgan fingerprint density at radius 1 is 1.25 bits per heavy atom. The highest BCUT2D eigenvalue weighted by Gasteiger charge is 2.18. The summed E-state index contributed by atoms with van der Waals surface area (Å²) in [6, 6.07) is 6.50. The van der Waals surface area contributed by atoms with Crippen molar-refractivity contribution in [2.75, 3.05) is 13.7 Å². The minimum Gasteiger partial charge on any atom is -0.496 e. The molecule has 2 nitrogen and oxygen atoms in total. The van der Waals surface area contributed by atoms with Crippen molar-refractivity contribution in [1.29, 1.82) is 0 Å². The summed E-state index contributed by atoms with van der Waals surface area (Å²) in [5.41, 5.74) is 3.59. The van der Waals surface area contributed by atoms with Gasteiger partial charge >= 0.3 is 0 Å². The van der Waals surface area contributed by atoms with Gasteiger partial charge in [-0.05, 0) is 49.2 Å². The molecule has 2 rings (SSSR count). The smallest absolute Gasteiger partial charge is 0.129 e. The first-order chi connectivity index (χ1) is 9.56. The van der Waals surface area contributed by atoms with Gasteiger partial charge in [0.25, 0.3) is 0 Å². The third-order valence-electron chi connectivity index (χ3n) is 3.38. The molecule has 20 heavy (non-hydrogen) atoms. The van der Waals surface area contributed by atoms with Crippen LogP contribution in [0.15, 0.2) is 23.6 Å². The molecule has 1 atom stereocenters. The Balaban J connectivity index is 2.45. The van der Waals surface area contributed by atoms with E-state index < -0.39 is 0 Å². The van der Waals surface area contributed by atoms with Gasteiger partial charge in [-0.3, -0.25) is 0 Å². The van der Waals surface area contributed by atoms with E-state index >= 15 is 0 Å². The standard InChI is InChI=1S/C16H20ClNOS/c1-5-18-16(15-8-12(19-4)9-20-15)13-6-11(3)14(17)7-10(13)2/h6-9,16,18H,5H2,1-4H3. The topological polar surface area (TPSA) is 21.3 Å². The SMILES string of the molecule is CCNC(c1cc(OC)cs1)c1cc(C)c(Cl)cc1C. The van der Waals surface area contributed by atoms with E-state index in [4.69, 9.17) is 16.3 Å². The molecule has 0 radical (unpaired) electrons. The summed E-state index contributed by atoms with van der Waals surface area (Å²) in [6.07, 6.45) is 0. The molecule has 4 heteroatoms. The molecule has 108 valence electrons. The van der Waals surface area contributed by atoms with Crippen molar-refractivity contribution in [3.63, 3.8) is 0 Å². The van der Waals surface area contributed by atoms with Crippen molar-refractivity contribution in [1.82, 2.24) is 5.32 Å². The number of aryl methyl sites for hydroxylation is 2. The maximum atomic E-state index is 6.20. The molecule has 0 aliphatic heterocycles. The normalized spacial score (nSPS) is 12.4. The fourth-order valence-electron chi connectivity index (χ4n) is 2.28. The second-order valence-corrected chi connectivity index (χ2v) is 6.19. The molecule has 0 aliphatic rings. The highest BCUT2D eigenvalue weighted by atomic mass is 35.5. The summed E-state index contributed by atoms with van der Waals surface area (Å²) < 4.78 is 5.29. The van der Waals surface area contributed by atoms with Gasteiger partial charge in [0.1, 0.15) is 5.75 Å². The summed E-state index contributed by atoms with van der Waals surface area (Å²) in [6.45, 7) is 7.18. The van der Waals surface area contributed by atoms with Crippen LogP contribution < -0.4 is 10.1 Å². The molecule has 1 N–H and O–H groups in total. The summed E-state index contributed by atoms with van der Waals surface area (Å²) in [4.78, 5) is 1.26. The number of thiophene rings is 1. The number of nitrogens with one attached hydrogen (secondary N) is 1. The van der Waals surface area contributed by atoms with Gasteiger partial charge in [0, 0.05) is 15.3 Å². The van der Waals surface area contributed by atoms with Gasteiger partial charge in [-0.15, -0.1) is 11.3 Å². The van der Waals surface area contributed by atoms with Gasteiger partial charge in [0.05, 0.1) is 13.2 Å². The van der Waals surface area contributed by atoms with Crippen LogP contribution in [-0.2, 0) is 0 Å². The van der Waals surface area contributed by atoms with Gasteiger partial charge < -0.3 is 10.1 Å². The lowest BCUT2D eigenvalue weighted by Crippen LogP contribution is -2.22. The van der Waals surface area contributed by atoms with E-state index in [1.54, 1.807) is 18.4 Å². The monoisotopic (exact) mass is 309 g/mol. The molecular weight excluding hydrogens is 290 g/mol. The van der Waals surface area contributed by atoms with E-state index in [-0.39, 0.29) is 6.04 Å². The summed E-state index contributed by atoms with van der Waals surface area (Å²) in [5.74, 6) is 0.913. The Bertz CT molecular complexity index is 594. The first-order valence-electron chi connectivity index (χ1n) is 6.69. The van der Waals surface area contributed by atoms with Crippen LogP contribution in [0.25, 0.3) is 0 Å².